The molecule has 0 aliphatic heterocycles. The average molecular weight is 305 g/mol. The van der Waals surface area contributed by atoms with Crippen LogP contribution in [-0.4, -0.2) is 28.2 Å². The topological polar surface area (TPSA) is 81.4 Å². The Morgan fingerprint density at radius 1 is 1.42 bits per heavy atom. The summed E-state index contributed by atoms with van der Waals surface area (Å²) in [6, 6.07) is 4.23. The zero-order valence-corrected chi connectivity index (χ0v) is 12.0. The second kappa shape index (κ2) is 6.09. The Balaban J connectivity index is 1.84. The van der Waals surface area contributed by atoms with E-state index >= 15 is 0 Å². The molecule has 1 fully saturated rings. The van der Waals surface area contributed by atoms with E-state index in [4.69, 9.17) is 22.1 Å². The van der Waals surface area contributed by atoms with Gasteiger partial charge in [-0.25, -0.2) is 13.1 Å². The summed E-state index contributed by atoms with van der Waals surface area (Å²) in [6.07, 6.45) is 2.44. The van der Waals surface area contributed by atoms with Crippen LogP contribution in [0.15, 0.2) is 23.1 Å². The Morgan fingerprint density at radius 3 is 2.79 bits per heavy atom. The molecule has 1 aromatic carbocycles. The molecule has 1 aromatic rings. The molecule has 0 spiro atoms. The van der Waals surface area contributed by atoms with Crippen molar-refractivity contribution in [2.24, 2.45) is 5.92 Å². The van der Waals surface area contributed by atoms with Gasteiger partial charge in [-0.2, -0.15) is 0 Å². The smallest absolute Gasteiger partial charge is 0.240 e. The first-order valence-corrected chi connectivity index (χ1v) is 7.97. The number of sulfonamides is 1. The van der Waals surface area contributed by atoms with Crippen LogP contribution >= 0.6 is 11.6 Å². The van der Waals surface area contributed by atoms with Gasteiger partial charge in [0.15, 0.2) is 0 Å². The Hall–Kier alpha value is -0.820. The number of halogens is 1. The molecule has 1 aliphatic carbocycles. The van der Waals surface area contributed by atoms with E-state index in [1.54, 1.807) is 0 Å². The fourth-order valence-electron chi connectivity index (χ4n) is 1.56. The van der Waals surface area contributed by atoms with E-state index in [-0.39, 0.29) is 17.1 Å². The van der Waals surface area contributed by atoms with Crippen LogP contribution in [0.4, 0.5) is 5.69 Å². The van der Waals surface area contributed by atoms with Crippen LogP contribution in [0.3, 0.4) is 0 Å². The molecule has 0 amide bonds. The Labute approximate surface area is 118 Å². The lowest BCUT2D eigenvalue weighted by Crippen LogP contribution is -2.27. The SMILES string of the molecule is Nc1cc(S(=O)(=O)NCCOCC2CC2)ccc1Cl. The number of hydrogen-bond acceptors (Lipinski definition) is 4. The molecule has 0 aromatic heterocycles. The maximum atomic E-state index is 11.9. The minimum Gasteiger partial charge on any atom is -0.397 e. The highest BCUT2D eigenvalue weighted by Crippen LogP contribution is 2.28. The lowest BCUT2D eigenvalue weighted by atomic mass is 10.3. The monoisotopic (exact) mass is 304 g/mol. The highest BCUT2D eigenvalue weighted by Gasteiger charge is 2.21. The molecule has 0 unspecified atom stereocenters. The Kier molecular flexibility index (Phi) is 4.67. The molecule has 19 heavy (non-hydrogen) atoms. The van der Waals surface area contributed by atoms with Crippen LogP contribution < -0.4 is 10.5 Å². The molecule has 0 radical (unpaired) electrons. The van der Waals surface area contributed by atoms with Crippen LogP contribution in [0.2, 0.25) is 5.02 Å². The predicted octanol–water partition coefficient (Wildman–Crippen LogP) is 1.63. The molecular weight excluding hydrogens is 288 g/mol. The van der Waals surface area contributed by atoms with Crippen molar-refractivity contribution >= 4 is 27.3 Å². The van der Waals surface area contributed by atoms with Crippen LogP contribution in [0, 0.1) is 5.92 Å². The van der Waals surface area contributed by atoms with Gasteiger partial charge in [-0.3, -0.25) is 0 Å². The van der Waals surface area contributed by atoms with Crippen molar-refractivity contribution in [1.29, 1.82) is 0 Å². The van der Waals surface area contributed by atoms with Gasteiger partial charge >= 0.3 is 0 Å². The van der Waals surface area contributed by atoms with E-state index in [0.29, 0.717) is 17.5 Å². The number of nitrogens with two attached hydrogens (primary N) is 1. The predicted molar refractivity (Wildman–Crippen MR) is 74.6 cm³/mol. The normalized spacial score (nSPS) is 15.6. The molecule has 5 nitrogen and oxygen atoms in total. The van der Waals surface area contributed by atoms with Crippen molar-refractivity contribution in [3.63, 3.8) is 0 Å². The lowest BCUT2D eigenvalue weighted by molar-refractivity contribution is 0.129. The minimum absolute atomic E-state index is 0.108. The molecule has 0 atom stereocenters. The van der Waals surface area contributed by atoms with E-state index < -0.39 is 10.0 Å². The summed E-state index contributed by atoms with van der Waals surface area (Å²) < 4.78 is 31.7. The van der Waals surface area contributed by atoms with Crippen LogP contribution in [-0.2, 0) is 14.8 Å². The minimum atomic E-state index is -3.55. The second-order valence-electron chi connectivity index (χ2n) is 4.60. The first kappa shape index (κ1) is 14.6. The number of ether oxygens (including phenoxy) is 1. The van der Waals surface area contributed by atoms with Crippen molar-refractivity contribution in [3.8, 4) is 0 Å². The van der Waals surface area contributed by atoms with Crippen molar-refractivity contribution < 1.29 is 13.2 Å². The van der Waals surface area contributed by atoms with Crippen molar-refractivity contribution in [2.75, 3.05) is 25.5 Å². The number of hydrogen-bond donors (Lipinski definition) is 2. The third kappa shape index (κ3) is 4.35. The first-order valence-electron chi connectivity index (χ1n) is 6.11. The van der Waals surface area contributed by atoms with Crippen LogP contribution in [0.1, 0.15) is 12.8 Å². The molecule has 1 aliphatic rings. The largest absolute Gasteiger partial charge is 0.397 e. The average Bonchev–Trinajstić information content (AvgIpc) is 3.16. The van der Waals surface area contributed by atoms with Gasteiger partial charge < -0.3 is 10.5 Å². The summed E-state index contributed by atoms with van der Waals surface area (Å²) in [7, 11) is -3.55. The van der Waals surface area contributed by atoms with Crippen molar-refractivity contribution in [2.45, 2.75) is 17.7 Å². The summed E-state index contributed by atoms with van der Waals surface area (Å²) in [5.41, 5.74) is 5.83. The van der Waals surface area contributed by atoms with Crippen LogP contribution in [0.25, 0.3) is 0 Å². The Bertz CT molecular complexity index is 544. The summed E-state index contributed by atoms with van der Waals surface area (Å²) in [6.45, 7) is 1.34. The van der Waals surface area contributed by atoms with Crippen molar-refractivity contribution in [3.05, 3.63) is 23.2 Å². The summed E-state index contributed by atoms with van der Waals surface area (Å²) in [4.78, 5) is 0.108. The third-order valence-corrected chi connectivity index (χ3v) is 4.67. The van der Waals surface area contributed by atoms with E-state index in [1.807, 2.05) is 0 Å². The van der Waals surface area contributed by atoms with Gasteiger partial charge in [-0.1, -0.05) is 11.6 Å². The first-order chi connectivity index (χ1) is 8.99. The molecule has 0 saturated heterocycles. The molecular formula is C12H17ClN2O3S. The van der Waals surface area contributed by atoms with E-state index in [1.165, 1.54) is 31.0 Å². The summed E-state index contributed by atoms with van der Waals surface area (Å²) >= 11 is 5.75. The van der Waals surface area contributed by atoms with Gasteiger partial charge in [0.1, 0.15) is 0 Å². The van der Waals surface area contributed by atoms with Gasteiger partial charge in [-0.15, -0.1) is 0 Å². The number of benzene rings is 1. The lowest BCUT2D eigenvalue weighted by Gasteiger charge is -2.08. The van der Waals surface area contributed by atoms with Gasteiger partial charge in [0.2, 0.25) is 10.0 Å². The van der Waals surface area contributed by atoms with E-state index in [0.717, 1.165) is 6.61 Å². The van der Waals surface area contributed by atoms with E-state index in [9.17, 15) is 8.42 Å². The number of rotatable bonds is 7. The molecule has 106 valence electrons. The number of anilines is 1. The van der Waals surface area contributed by atoms with Gasteiger partial charge in [0.05, 0.1) is 22.2 Å². The highest BCUT2D eigenvalue weighted by molar-refractivity contribution is 7.89. The number of nitrogen functional groups attached to an aromatic ring is 1. The third-order valence-electron chi connectivity index (χ3n) is 2.87. The molecule has 0 heterocycles. The maximum absolute atomic E-state index is 11.9. The molecule has 7 heteroatoms. The fourth-order valence-corrected chi connectivity index (χ4v) is 2.72. The zero-order valence-electron chi connectivity index (χ0n) is 10.4. The molecule has 0 bridgehead atoms. The molecule has 1 saturated carbocycles. The Morgan fingerprint density at radius 2 is 2.16 bits per heavy atom. The molecule has 2 rings (SSSR count). The van der Waals surface area contributed by atoms with Gasteiger partial charge in [0, 0.05) is 13.2 Å². The van der Waals surface area contributed by atoms with Gasteiger partial charge in [0.25, 0.3) is 0 Å². The molecule has 3 N–H and O–H groups in total. The summed E-state index contributed by atoms with van der Waals surface area (Å²) in [5.74, 6) is 0.674. The maximum Gasteiger partial charge on any atom is 0.240 e. The van der Waals surface area contributed by atoms with Crippen LogP contribution in [0.5, 0.6) is 0 Å². The van der Waals surface area contributed by atoms with Gasteiger partial charge in [-0.05, 0) is 37.0 Å². The summed E-state index contributed by atoms with van der Waals surface area (Å²) in [5, 5.41) is 0.340. The zero-order chi connectivity index (χ0) is 13.9. The van der Waals surface area contributed by atoms with E-state index in [2.05, 4.69) is 4.72 Å². The van der Waals surface area contributed by atoms with Crippen molar-refractivity contribution in [1.82, 2.24) is 4.72 Å². The standard InChI is InChI=1S/C12H17ClN2O3S/c13-11-4-3-10(7-12(11)14)19(16,17)15-5-6-18-8-9-1-2-9/h3-4,7,9,15H,1-2,5-6,8,14H2. The fraction of sp³-hybridized carbons (Fsp3) is 0.500. The second-order valence-corrected chi connectivity index (χ2v) is 6.77. The highest BCUT2D eigenvalue weighted by atomic mass is 35.5. The number of nitrogens with one attached hydrogen (secondary N) is 1. The quantitative estimate of drug-likeness (QED) is 0.592.